The van der Waals surface area contributed by atoms with Crippen molar-refractivity contribution in [3.63, 3.8) is 0 Å². The molecule has 0 aliphatic carbocycles. The van der Waals surface area contributed by atoms with Gasteiger partial charge in [0, 0.05) is 12.4 Å². The first kappa shape index (κ1) is 13.3. The van der Waals surface area contributed by atoms with Crippen LogP contribution in [0.5, 0.6) is 0 Å². The number of benzene rings is 1. The first-order valence-electron chi connectivity index (χ1n) is 5.46. The summed E-state index contributed by atoms with van der Waals surface area (Å²) in [5, 5.41) is 9.83. The number of halogens is 1. The Balaban J connectivity index is 2.11. The van der Waals surface area contributed by atoms with Crippen LogP contribution < -0.4 is 0 Å². The zero-order valence-electron chi connectivity index (χ0n) is 9.86. The Bertz CT molecular complexity index is 786. The third-order valence-electron chi connectivity index (χ3n) is 2.52. The highest BCUT2D eigenvalue weighted by atomic mass is 35.5. The molecule has 1 N–H and O–H groups in total. The molecule has 0 aliphatic rings. The van der Waals surface area contributed by atoms with Gasteiger partial charge in [-0.2, -0.15) is 8.75 Å². The van der Waals surface area contributed by atoms with Gasteiger partial charge in [-0.25, -0.2) is 4.98 Å². The molecular weight excluding hydrogens is 320 g/mol. The minimum atomic E-state index is -0.899. The van der Waals surface area contributed by atoms with Gasteiger partial charge in [0.05, 0.1) is 28.2 Å². The molecule has 3 aromatic rings. The fourth-order valence-electron chi connectivity index (χ4n) is 1.74. The fraction of sp³-hybridized carbons (Fsp3) is 0.0909. The van der Waals surface area contributed by atoms with E-state index in [4.69, 9.17) is 16.7 Å². The Morgan fingerprint density at radius 3 is 3.10 bits per heavy atom. The minimum Gasteiger partial charge on any atom is -0.481 e. The summed E-state index contributed by atoms with van der Waals surface area (Å²) in [6.07, 6.45) is 3.32. The summed E-state index contributed by atoms with van der Waals surface area (Å²) in [6, 6.07) is 3.54. The monoisotopic (exact) mass is 326 g/mol. The molecule has 0 unspecified atom stereocenters. The van der Waals surface area contributed by atoms with Crippen LogP contribution in [0.4, 0.5) is 0 Å². The van der Waals surface area contributed by atoms with Crippen LogP contribution in [-0.2, 0) is 4.79 Å². The summed E-state index contributed by atoms with van der Waals surface area (Å²) in [6.45, 7) is 0. The Hall–Kier alpha value is -1.64. The van der Waals surface area contributed by atoms with E-state index in [1.165, 1.54) is 0 Å². The maximum absolute atomic E-state index is 10.7. The lowest BCUT2D eigenvalue weighted by Crippen LogP contribution is -2.02. The van der Waals surface area contributed by atoms with Gasteiger partial charge in [-0.15, -0.1) is 0 Å². The molecule has 20 heavy (non-hydrogen) atoms. The summed E-state index contributed by atoms with van der Waals surface area (Å²) < 4.78 is 10.2. The number of nitrogens with zero attached hydrogens (tertiary/aromatic N) is 4. The molecule has 2 heterocycles. The van der Waals surface area contributed by atoms with Crippen molar-refractivity contribution < 1.29 is 9.90 Å². The van der Waals surface area contributed by atoms with Gasteiger partial charge < -0.3 is 5.11 Å². The minimum absolute atomic E-state index is 0.0695. The first-order chi connectivity index (χ1) is 9.66. The molecule has 0 atom stereocenters. The lowest BCUT2D eigenvalue weighted by molar-refractivity contribution is -0.133. The van der Waals surface area contributed by atoms with E-state index in [9.17, 15) is 4.79 Å². The van der Waals surface area contributed by atoms with Crippen LogP contribution in [0.1, 0.15) is 0 Å². The number of carbonyl (C=O) groups is 1. The summed E-state index contributed by atoms with van der Waals surface area (Å²) in [5.41, 5.74) is 2.10. The molecule has 9 heteroatoms. The van der Waals surface area contributed by atoms with Crippen LogP contribution in [0.25, 0.3) is 16.7 Å². The number of fused-ring (bicyclic) bond motifs is 1. The third-order valence-corrected chi connectivity index (χ3v) is 4.32. The quantitative estimate of drug-likeness (QED) is 0.742. The van der Waals surface area contributed by atoms with Gasteiger partial charge in [0.25, 0.3) is 0 Å². The average Bonchev–Trinajstić information content (AvgIpc) is 3.04. The molecule has 0 fully saturated rings. The highest BCUT2D eigenvalue weighted by Gasteiger charge is 2.15. The number of thioether (sulfide) groups is 1. The zero-order valence-corrected chi connectivity index (χ0v) is 12.2. The smallest absolute Gasteiger partial charge is 0.313 e. The predicted molar refractivity (Wildman–Crippen MR) is 77.9 cm³/mol. The number of aliphatic carboxylic acids is 1. The molecule has 0 radical (unpaired) electrons. The number of hydrogen-bond acceptors (Lipinski definition) is 6. The molecule has 0 spiro atoms. The lowest BCUT2D eigenvalue weighted by atomic mass is 10.2. The second kappa shape index (κ2) is 5.39. The van der Waals surface area contributed by atoms with Gasteiger partial charge >= 0.3 is 5.97 Å². The molecule has 102 valence electrons. The fourth-order valence-corrected chi connectivity index (χ4v) is 3.20. The normalized spacial score (nSPS) is 11.1. The SMILES string of the molecule is O=C(O)CSc1nccn1-c1c(Cl)ccc2nsnc12. The largest absolute Gasteiger partial charge is 0.481 e. The van der Waals surface area contributed by atoms with E-state index in [1.807, 2.05) is 0 Å². The van der Waals surface area contributed by atoms with Crippen molar-refractivity contribution in [1.82, 2.24) is 18.3 Å². The van der Waals surface area contributed by atoms with Gasteiger partial charge in [-0.05, 0) is 12.1 Å². The Morgan fingerprint density at radius 2 is 2.30 bits per heavy atom. The van der Waals surface area contributed by atoms with Gasteiger partial charge in [-0.1, -0.05) is 23.4 Å². The highest BCUT2D eigenvalue weighted by molar-refractivity contribution is 7.99. The summed E-state index contributed by atoms with van der Waals surface area (Å²) in [4.78, 5) is 14.8. The highest BCUT2D eigenvalue weighted by Crippen LogP contribution is 2.31. The van der Waals surface area contributed by atoms with E-state index in [0.717, 1.165) is 29.0 Å². The molecule has 0 saturated carbocycles. The van der Waals surface area contributed by atoms with Crippen LogP contribution in [0.2, 0.25) is 5.02 Å². The molecule has 2 aromatic heterocycles. The lowest BCUT2D eigenvalue weighted by Gasteiger charge is -2.09. The van der Waals surface area contributed by atoms with Crippen LogP contribution in [0.15, 0.2) is 29.7 Å². The molecule has 6 nitrogen and oxygen atoms in total. The number of imidazole rings is 1. The molecule has 0 amide bonds. The standard InChI is InChI=1S/C11H7ClN4O2S2/c12-6-1-2-7-9(15-20-14-7)10(6)16-4-3-13-11(16)19-5-8(17)18/h1-4H,5H2,(H,17,18). The number of hydrogen-bond donors (Lipinski definition) is 1. The van der Waals surface area contributed by atoms with Crippen LogP contribution in [-0.4, -0.2) is 35.1 Å². The van der Waals surface area contributed by atoms with Crippen LogP contribution in [0.3, 0.4) is 0 Å². The first-order valence-corrected chi connectivity index (χ1v) is 7.55. The van der Waals surface area contributed by atoms with Crippen molar-refractivity contribution in [2.75, 3.05) is 5.75 Å². The van der Waals surface area contributed by atoms with Gasteiger partial charge in [-0.3, -0.25) is 9.36 Å². The second-order valence-electron chi connectivity index (χ2n) is 3.79. The number of carboxylic acid groups (broad SMARTS) is 1. The zero-order chi connectivity index (χ0) is 14.1. The second-order valence-corrected chi connectivity index (χ2v) is 5.67. The van der Waals surface area contributed by atoms with E-state index in [-0.39, 0.29) is 5.75 Å². The van der Waals surface area contributed by atoms with Crippen molar-refractivity contribution in [2.45, 2.75) is 5.16 Å². The van der Waals surface area contributed by atoms with Crippen molar-refractivity contribution in [3.05, 3.63) is 29.5 Å². The van der Waals surface area contributed by atoms with Crippen LogP contribution in [0, 0.1) is 0 Å². The summed E-state index contributed by atoms with van der Waals surface area (Å²) in [5.74, 6) is -0.968. The topological polar surface area (TPSA) is 80.9 Å². The molecule has 0 bridgehead atoms. The van der Waals surface area contributed by atoms with Crippen molar-refractivity contribution in [3.8, 4) is 5.69 Å². The third kappa shape index (κ3) is 2.37. The van der Waals surface area contributed by atoms with E-state index < -0.39 is 5.97 Å². The molecule has 3 rings (SSSR count). The van der Waals surface area contributed by atoms with E-state index >= 15 is 0 Å². The van der Waals surface area contributed by atoms with Gasteiger partial charge in [0.1, 0.15) is 11.0 Å². The maximum atomic E-state index is 10.7. The van der Waals surface area contributed by atoms with E-state index in [2.05, 4.69) is 13.7 Å². The summed E-state index contributed by atoms with van der Waals surface area (Å²) in [7, 11) is 0. The number of aromatic nitrogens is 4. The number of carboxylic acids is 1. The Kier molecular flexibility index (Phi) is 3.60. The van der Waals surface area contributed by atoms with Crippen molar-refractivity contribution >= 4 is 52.1 Å². The summed E-state index contributed by atoms with van der Waals surface area (Å²) >= 11 is 8.48. The van der Waals surface area contributed by atoms with E-state index in [0.29, 0.717) is 21.4 Å². The number of rotatable bonds is 4. The van der Waals surface area contributed by atoms with E-state index in [1.54, 1.807) is 29.1 Å². The molecule has 0 saturated heterocycles. The van der Waals surface area contributed by atoms with Gasteiger partial charge in [0.15, 0.2) is 5.16 Å². The maximum Gasteiger partial charge on any atom is 0.313 e. The Labute approximate surface area is 126 Å². The Morgan fingerprint density at radius 1 is 1.45 bits per heavy atom. The predicted octanol–water partition coefficient (Wildman–Crippen LogP) is 2.71. The average molecular weight is 327 g/mol. The molecule has 1 aromatic carbocycles. The van der Waals surface area contributed by atoms with Crippen LogP contribution >= 0.6 is 35.1 Å². The van der Waals surface area contributed by atoms with Crippen molar-refractivity contribution in [1.29, 1.82) is 0 Å². The molecule has 0 aliphatic heterocycles. The molecular formula is C11H7ClN4O2S2. The van der Waals surface area contributed by atoms with Crippen molar-refractivity contribution in [2.24, 2.45) is 0 Å². The van der Waals surface area contributed by atoms with Gasteiger partial charge in [0.2, 0.25) is 0 Å².